The van der Waals surface area contributed by atoms with Crippen LogP contribution in [0.3, 0.4) is 0 Å². The number of rotatable bonds is 10. The van der Waals surface area contributed by atoms with Crippen LogP contribution in [0.1, 0.15) is 33.6 Å². The van der Waals surface area contributed by atoms with Crippen molar-refractivity contribution in [3.8, 4) is 0 Å². The Balaban J connectivity index is 1.51. The molecule has 0 saturated heterocycles. The lowest BCUT2D eigenvalue weighted by atomic mass is 9.94. The average Bonchev–Trinajstić information content (AvgIpc) is 2.71. The van der Waals surface area contributed by atoms with E-state index in [1.54, 1.807) is 19.2 Å². The molecule has 2 aromatic rings. The molecule has 0 saturated carbocycles. The molecule has 1 aliphatic rings. The standard InChI is InChI=1S/C21H25N3O4/c1-28-14-12-22-10-11-23-18(25)9-4-13-24-20(26)16-7-2-5-15-6-3-8-17(19(15)16)21(24)27/h2-3,5-8,22H,4,9-14H2,1H3,(H,23,25). The van der Waals surface area contributed by atoms with Crippen LogP contribution in [0.15, 0.2) is 36.4 Å². The van der Waals surface area contributed by atoms with E-state index in [2.05, 4.69) is 10.6 Å². The van der Waals surface area contributed by atoms with E-state index < -0.39 is 0 Å². The van der Waals surface area contributed by atoms with Crippen molar-refractivity contribution in [3.63, 3.8) is 0 Å². The maximum Gasteiger partial charge on any atom is 0.261 e. The summed E-state index contributed by atoms with van der Waals surface area (Å²) in [4.78, 5) is 38.7. The number of carbonyl (C=O) groups excluding carboxylic acids is 3. The monoisotopic (exact) mass is 383 g/mol. The zero-order chi connectivity index (χ0) is 19.9. The molecule has 0 fully saturated rings. The van der Waals surface area contributed by atoms with Gasteiger partial charge in [0.1, 0.15) is 0 Å². The smallest absolute Gasteiger partial charge is 0.261 e. The number of nitrogens with one attached hydrogen (secondary N) is 2. The van der Waals surface area contributed by atoms with Gasteiger partial charge in [-0.05, 0) is 23.9 Å². The van der Waals surface area contributed by atoms with Crippen LogP contribution < -0.4 is 10.6 Å². The maximum absolute atomic E-state index is 12.8. The van der Waals surface area contributed by atoms with Gasteiger partial charge in [-0.1, -0.05) is 24.3 Å². The summed E-state index contributed by atoms with van der Waals surface area (Å²) in [5.41, 5.74) is 1.08. The van der Waals surface area contributed by atoms with Gasteiger partial charge in [0, 0.05) is 56.2 Å². The van der Waals surface area contributed by atoms with Gasteiger partial charge < -0.3 is 15.4 Å². The minimum absolute atomic E-state index is 0.0899. The maximum atomic E-state index is 12.8. The molecule has 148 valence electrons. The van der Waals surface area contributed by atoms with Crippen molar-refractivity contribution in [3.05, 3.63) is 47.5 Å². The van der Waals surface area contributed by atoms with E-state index in [1.807, 2.05) is 24.3 Å². The average molecular weight is 383 g/mol. The highest BCUT2D eigenvalue weighted by atomic mass is 16.5. The van der Waals surface area contributed by atoms with Crippen molar-refractivity contribution >= 4 is 28.5 Å². The fourth-order valence-electron chi connectivity index (χ4n) is 3.36. The van der Waals surface area contributed by atoms with Gasteiger partial charge in [-0.15, -0.1) is 0 Å². The van der Waals surface area contributed by atoms with Crippen LogP contribution in [0.25, 0.3) is 10.8 Å². The van der Waals surface area contributed by atoms with E-state index in [4.69, 9.17) is 4.74 Å². The number of hydrogen-bond donors (Lipinski definition) is 2. The topological polar surface area (TPSA) is 87.7 Å². The second-order valence-electron chi connectivity index (χ2n) is 6.67. The number of amides is 3. The van der Waals surface area contributed by atoms with E-state index in [9.17, 15) is 14.4 Å². The second kappa shape index (κ2) is 9.43. The summed E-state index contributed by atoms with van der Waals surface area (Å²) in [6.07, 6.45) is 0.694. The molecular formula is C21H25N3O4. The summed E-state index contributed by atoms with van der Waals surface area (Å²) in [7, 11) is 1.64. The predicted octanol–water partition coefficient (Wildman–Crippen LogP) is 1.57. The second-order valence-corrected chi connectivity index (χ2v) is 6.67. The molecule has 2 N–H and O–H groups in total. The summed E-state index contributed by atoms with van der Waals surface area (Å²) in [5, 5.41) is 7.57. The first-order chi connectivity index (χ1) is 13.6. The number of methoxy groups -OCH3 is 1. The summed E-state index contributed by atoms with van der Waals surface area (Å²) in [6.45, 7) is 2.78. The van der Waals surface area contributed by atoms with Crippen molar-refractivity contribution in [2.75, 3.05) is 39.9 Å². The summed E-state index contributed by atoms with van der Waals surface area (Å²) < 4.78 is 4.93. The van der Waals surface area contributed by atoms with Gasteiger partial charge in [-0.3, -0.25) is 19.3 Å². The Morgan fingerprint density at radius 1 is 1.00 bits per heavy atom. The molecule has 1 heterocycles. The molecule has 0 aromatic heterocycles. The van der Waals surface area contributed by atoms with Gasteiger partial charge in [0.15, 0.2) is 0 Å². The van der Waals surface area contributed by atoms with E-state index >= 15 is 0 Å². The summed E-state index contributed by atoms with van der Waals surface area (Å²) >= 11 is 0. The molecule has 0 spiro atoms. The van der Waals surface area contributed by atoms with Gasteiger partial charge >= 0.3 is 0 Å². The number of hydrogen-bond acceptors (Lipinski definition) is 5. The fraction of sp³-hybridized carbons (Fsp3) is 0.381. The molecule has 0 unspecified atom stereocenters. The zero-order valence-corrected chi connectivity index (χ0v) is 16.0. The molecule has 7 heteroatoms. The van der Waals surface area contributed by atoms with Crippen LogP contribution in [0.2, 0.25) is 0 Å². The van der Waals surface area contributed by atoms with E-state index in [-0.39, 0.29) is 30.7 Å². The lowest BCUT2D eigenvalue weighted by molar-refractivity contribution is -0.121. The van der Waals surface area contributed by atoms with Gasteiger partial charge in [0.2, 0.25) is 5.91 Å². The highest BCUT2D eigenvalue weighted by Gasteiger charge is 2.32. The van der Waals surface area contributed by atoms with Crippen LogP contribution in [0.5, 0.6) is 0 Å². The Labute approximate surface area is 164 Å². The van der Waals surface area contributed by atoms with E-state index in [1.165, 1.54) is 4.90 Å². The molecule has 0 radical (unpaired) electrons. The largest absolute Gasteiger partial charge is 0.383 e. The number of ether oxygens (including phenoxy) is 1. The number of nitrogens with zero attached hydrogens (tertiary/aromatic N) is 1. The minimum atomic E-state index is -0.294. The predicted molar refractivity (Wildman–Crippen MR) is 106 cm³/mol. The van der Waals surface area contributed by atoms with Gasteiger partial charge in [0.05, 0.1) is 6.61 Å². The fourth-order valence-corrected chi connectivity index (χ4v) is 3.36. The van der Waals surface area contributed by atoms with Crippen LogP contribution in [0, 0.1) is 0 Å². The van der Waals surface area contributed by atoms with Gasteiger partial charge in [-0.2, -0.15) is 0 Å². The molecule has 3 amide bonds. The Hall–Kier alpha value is -2.77. The first kappa shape index (κ1) is 20.0. The normalized spacial score (nSPS) is 13.2. The highest BCUT2D eigenvalue weighted by Crippen LogP contribution is 2.29. The quantitative estimate of drug-likeness (QED) is 0.480. The Morgan fingerprint density at radius 3 is 2.32 bits per heavy atom. The molecule has 0 bridgehead atoms. The molecule has 2 aromatic carbocycles. The molecule has 0 aliphatic carbocycles. The van der Waals surface area contributed by atoms with Crippen LogP contribution >= 0.6 is 0 Å². The number of carbonyl (C=O) groups is 3. The first-order valence-corrected chi connectivity index (χ1v) is 9.47. The third-order valence-electron chi connectivity index (χ3n) is 4.75. The molecule has 0 atom stereocenters. The van der Waals surface area contributed by atoms with Crippen molar-refractivity contribution in [2.45, 2.75) is 12.8 Å². The SMILES string of the molecule is COCCNCCNC(=O)CCCN1C(=O)c2cccc3cccc(c23)C1=O. The lowest BCUT2D eigenvalue weighted by Crippen LogP contribution is -2.41. The van der Waals surface area contributed by atoms with Crippen molar-refractivity contribution in [1.82, 2.24) is 15.5 Å². The molecule has 3 rings (SSSR count). The lowest BCUT2D eigenvalue weighted by Gasteiger charge is -2.27. The summed E-state index contributed by atoms with van der Waals surface area (Å²) in [6, 6.07) is 10.9. The van der Waals surface area contributed by atoms with Crippen molar-refractivity contribution in [1.29, 1.82) is 0 Å². The van der Waals surface area contributed by atoms with Crippen LogP contribution in [-0.4, -0.2) is 62.5 Å². The Kier molecular flexibility index (Phi) is 6.73. The highest BCUT2D eigenvalue weighted by molar-refractivity contribution is 6.25. The first-order valence-electron chi connectivity index (χ1n) is 9.47. The third-order valence-corrected chi connectivity index (χ3v) is 4.75. The number of imide groups is 1. The van der Waals surface area contributed by atoms with Crippen molar-refractivity contribution < 1.29 is 19.1 Å². The number of benzene rings is 2. The third kappa shape index (κ3) is 4.37. The molecular weight excluding hydrogens is 358 g/mol. The van der Waals surface area contributed by atoms with Gasteiger partial charge in [0.25, 0.3) is 11.8 Å². The van der Waals surface area contributed by atoms with E-state index in [0.29, 0.717) is 37.2 Å². The Morgan fingerprint density at radius 2 is 1.68 bits per heavy atom. The van der Waals surface area contributed by atoms with Crippen molar-refractivity contribution in [2.24, 2.45) is 0 Å². The molecule has 7 nitrogen and oxygen atoms in total. The van der Waals surface area contributed by atoms with Gasteiger partial charge in [-0.25, -0.2) is 0 Å². The van der Waals surface area contributed by atoms with E-state index in [0.717, 1.165) is 17.3 Å². The van der Waals surface area contributed by atoms with Crippen LogP contribution in [-0.2, 0) is 9.53 Å². The Bertz CT molecular complexity index is 830. The minimum Gasteiger partial charge on any atom is -0.383 e. The van der Waals surface area contributed by atoms with Crippen LogP contribution in [0.4, 0.5) is 0 Å². The summed E-state index contributed by atoms with van der Waals surface area (Å²) in [5.74, 6) is -0.679. The zero-order valence-electron chi connectivity index (χ0n) is 16.0. The molecule has 1 aliphatic heterocycles. The molecule has 28 heavy (non-hydrogen) atoms.